The highest BCUT2D eigenvalue weighted by atomic mass is 32.2. The van der Waals surface area contributed by atoms with Gasteiger partial charge in [-0.2, -0.15) is 8.78 Å². The molecule has 0 spiro atoms. The Morgan fingerprint density at radius 2 is 1.76 bits per heavy atom. The monoisotopic (exact) mass is 360 g/mol. The molecule has 1 N–H and O–H groups in total. The van der Waals surface area contributed by atoms with Crippen molar-refractivity contribution in [2.24, 2.45) is 0 Å². The molecule has 0 aromatic heterocycles. The van der Waals surface area contributed by atoms with E-state index in [4.69, 9.17) is 0 Å². The fourth-order valence-corrected chi connectivity index (χ4v) is 3.20. The smallest absolute Gasteiger partial charge is 0.288 e. The van der Waals surface area contributed by atoms with Gasteiger partial charge < -0.3 is 5.32 Å². The molecular weight excluding hydrogens is 346 g/mol. The van der Waals surface area contributed by atoms with Crippen molar-refractivity contribution in [2.75, 3.05) is 11.9 Å². The van der Waals surface area contributed by atoms with Crippen LogP contribution in [0.3, 0.4) is 0 Å². The highest BCUT2D eigenvalue weighted by molar-refractivity contribution is 7.99. The van der Waals surface area contributed by atoms with Crippen LogP contribution >= 0.6 is 11.8 Å². The topological polar surface area (TPSA) is 49.4 Å². The SMILES string of the molecule is C=C1c2ccccc2C(=O)N1CC(=O)Nc1ccccc1SC(F)F. The lowest BCUT2D eigenvalue weighted by Crippen LogP contribution is -2.32. The molecule has 25 heavy (non-hydrogen) atoms. The van der Waals surface area contributed by atoms with Crippen LogP contribution in [0.15, 0.2) is 60.0 Å². The molecule has 4 nitrogen and oxygen atoms in total. The Hall–Kier alpha value is -2.67. The van der Waals surface area contributed by atoms with Crippen LogP contribution in [0.5, 0.6) is 0 Å². The number of amides is 2. The largest absolute Gasteiger partial charge is 0.324 e. The fourth-order valence-electron chi connectivity index (χ4n) is 2.60. The zero-order valence-electron chi connectivity index (χ0n) is 13.0. The van der Waals surface area contributed by atoms with Gasteiger partial charge in [-0.15, -0.1) is 0 Å². The van der Waals surface area contributed by atoms with Gasteiger partial charge in [-0.05, 0) is 18.2 Å². The standard InChI is InChI=1S/C18H14F2N2O2S/c1-11-12-6-2-3-7-13(12)17(24)22(11)10-16(23)21-14-8-4-5-9-15(14)25-18(19)20/h2-9,18H,1,10H2,(H,21,23). The molecule has 0 saturated carbocycles. The number of rotatable bonds is 5. The molecule has 128 valence electrons. The molecule has 0 atom stereocenters. The van der Waals surface area contributed by atoms with Gasteiger partial charge in [-0.1, -0.05) is 48.7 Å². The van der Waals surface area contributed by atoms with Crippen molar-refractivity contribution in [3.05, 3.63) is 66.2 Å². The number of carbonyl (C=O) groups is 2. The van der Waals surface area contributed by atoms with E-state index in [-0.39, 0.29) is 23.0 Å². The molecule has 0 unspecified atom stereocenters. The Labute approximate surface area is 147 Å². The second-order valence-electron chi connectivity index (χ2n) is 5.31. The molecule has 0 radical (unpaired) electrons. The number of para-hydroxylation sites is 1. The summed E-state index contributed by atoms with van der Waals surface area (Å²) in [5, 5.41) is 2.58. The second-order valence-corrected chi connectivity index (χ2v) is 6.34. The summed E-state index contributed by atoms with van der Waals surface area (Å²) in [7, 11) is 0. The number of carbonyl (C=O) groups excluding carboxylic acids is 2. The van der Waals surface area contributed by atoms with E-state index < -0.39 is 11.7 Å². The summed E-state index contributed by atoms with van der Waals surface area (Å²) in [5.74, 6) is -3.37. The van der Waals surface area contributed by atoms with Crippen LogP contribution in [-0.2, 0) is 4.79 Å². The molecule has 1 heterocycles. The Morgan fingerprint density at radius 1 is 1.12 bits per heavy atom. The summed E-state index contributed by atoms with van der Waals surface area (Å²) in [4.78, 5) is 26.2. The molecule has 0 fully saturated rings. The number of thioether (sulfide) groups is 1. The zero-order valence-corrected chi connectivity index (χ0v) is 13.9. The predicted molar refractivity (Wildman–Crippen MR) is 93.4 cm³/mol. The second kappa shape index (κ2) is 7.06. The van der Waals surface area contributed by atoms with E-state index in [0.717, 1.165) is 0 Å². The van der Waals surface area contributed by atoms with Gasteiger partial charge >= 0.3 is 0 Å². The normalized spacial score (nSPS) is 13.3. The third-order valence-corrected chi connectivity index (χ3v) is 4.51. The number of halogens is 2. The van der Waals surface area contributed by atoms with Crippen LogP contribution in [0.4, 0.5) is 14.5 Å². The summed E-state index contributed by atoms with van der Waals surface area (Å²) in [6, 6.07) is 13.3. The van der Waals surface area contributed by atoms with E-state index in [1.165, 1.54) is 17.0 Å². The number of benzene rings is 2. The summed E-state index contributed by atoms with van der Waals surface area (Å²) < 4.78 is 25.2. The Morgan fingerprint density at radius 3 is 2.44 bits per heavy atom. The first kappa shape index (κ1) is 17.2. The van der Waals surface area contributed by atoms with Gasteiger partial charge in [0, 0.05) is 21.7 Å². The van der Waals surface area contributed by atoms with E-state index in [1.54, 1.807) is 36.4 Å². The number of hydrogen-bond donors (Lipinski definition) is 1. The lowest BCUT2D eigenvalue weighted by molar-refractivity contribution is -0.116. The van der Waals surface area contributed by atoms with Crippen molar-refractivity contribution in [2.45, 2.75) is 10.7 Å². The third kappa shape index (κ3) is 3.56. The van der Waals surface area contributed by atoms with Crippen LogP contribution in [-0.4, -0.2) is 29.0 Å². The predicted octanol–water partition coefficient (Wildman–Crippen LogP) is 4.07. The summed E-state index contributed by atoms with van der Waals surface area (Å²) in [6.07, 6.45) is 0. The van der Waals surface area contributed by atoms with Crippen LogP contribution in [0.1, 0.15) is 15.9 Å². The lowest BCUT2D eigenvalue weighted by Gasteiger charge is -2.17. The van der Waals surface area contributed by atoms with E-state index >= 15 is 0 Å². The molecule has 0 saturated heterocycles. The molecule has 3 rings (SSSR count). The van der Waals surface area contributed by atoms with Gasteiger partial charge in [-0.25, -0.2) is 0 Å². The van der Waals surface area contributed by atoms with Gasteiger partial charge in [0.25, 0.3) is 11.7 Å². The first-order chi connectivity index (χ1) is 12.0. The van der Waals surface area contributed by atoms with E-state index in [0.29, 0.717) is 28.6 Å². The van der Waals surface area contributed by atoms with Crippen molar-refractivity contribution in [3.63, 3.8) is 0 Å². The van der Waals surface area contributed by atoms with Gasteiger partial charge in [-0.3, -0.25) is 14.5 Å². The summed E-state index contributed by atoms with van der Waals surface area (Å²) >= 11 is 0.355. The van der Waals surface area contributed by atoms with Crippen LogP contribution in [0.25, 0.3) is 5.70 Å². The molecule has 7 heteroatoms. The average molecular weight is 360 g/mol. The van der Waals surface area contributed by atoms with E-state index in [9.17, 15) is 18.4 Å². The zero-order chi connectivity index (χ0) is 18.0. The number of anilines is 1. The molecule has 0 bridgehead atoms. The molecule has 0 aliphatic carbocycles. The Balaban J connectivity index is 1.73. The minimum Gasteiger partial charge on any atom is -0.324 e. The molecule has 2 aromatic rings. The summed E-state index contributed by atoms with van der Waals surface area (Å²) in [6.45, 7) is 3.63. The van der Waals surface area contributed by atoms with E-state index in [2.05, 4.69) is 11.9 Å². The van der Waals surface area contributed by atoms with Gasteiger partial charge in [0.2, 0.25) is 5.91 Å². The van der Waals surface area contributed by atoms with Gasteiger partial charge in [0.1, 0.15) is 6.54 Å². The summed E-state index contributed by atoms with van der Waals surface area (Å²) in [5.41, 5.74) is 1.92. The number of fused-ring (bicyclic) bond motifs is 1. The molecular formula is C18H14F2N2O2S. The Bertz CT molecular complexity index is 819. The van der Waals surface area contributed by atoms with Crippen LogP contribution in [0, 0.1) is 0 Å². The highest BCUT2D eigenvalue weighted by Gasteiger charge is 2.31. The highest BCUT2D eigenvalue weighted by Crippen LogP contribution is 2.33. The van der Waals surface area contributed by atoms with E-state index in [1.807, 2.05) is 0 Å². The molecule has 1 aliphatic rings. The minimum atomic E-state index is -2.59. The molecule has 2 aromatic carbocycles. The number of nitrogens with zero attached hydrogens (tertiary/aromatic N) is 1. The number of nitrogens with one attached hydrogen (secondary N) is 1. The first-order valence-corrected chi connectivity index (χ1v) is 8.29. The van der Waals surface area contributed by atoms with Crippen molar-refractivity contribution in [3.8, 4) is 0 Å². The minimum absolute atomic E-state index is 0.236. The van der Waals surface area contributed by atoms with Gasteiger partial charge in [0.05, 0.1) is 5.69 Å². The average Bonchev–Trinajstić information content (AvgIpc) is 2.82. The number of hydrogen-bond acceptors (Lipinski definition) is 3. The Kier molecular flexibility index (Phi) is 4.85. The lowest BCUT2D eigenvalue weighted by atomic mass is 10.1. The van der Waals surface area contributed by atoms with Gasteiger partial charge in [0.15, 0.2) is 0 Å². The molecule has 2 amide bonds. The quantitative estimate of drug-likeness (QED) is 0.818. The maximum Gasteiger partial charge on any atom is 0.288 e. The van der Waals surface area contributed by atoms with Crippen LogP contribution < -0.4 is 5.32 Å². The maximum absolute atomic E-state index is 12.6. The molecule has 1 aliphatic heterocycles. The third-order valence-electron chi connectivity index (χ3n) is 3.72. The van der Waals surface area contributed by atoms with Crippen molar-refractivity contribution in [1.82, 2.24) is 4.90 Å². The fraction of sp³-hybridized carbons (Fsp3) is 0.111. The first-order valence-electron chi connectivity index (χ1n) is 7.41. The van der Waals surface area contributed by atoms with Crippen molar-refractivity contribution >= 4 is 35.0 Å². The van der Waals surface area contributed by atoms with Crippen molar-refractivity contribution < 1.29 is 18.4 Å². The number of alkyl halides is 2. The maximum atomic E-state index is 12.6. The van der Waals surface area contributed by atoms with Crippen molar-refractivity contribution in [1.29, 1.82) is 0 Å². The van der Waals surface area contributed by atoms with Crippen LogP contribution in [0.2, 0.25) is 0 Å².